The van der Waals surface area contributed by atoms with Crippen molar-refractivity contribution in [3.8, 4) is 5.75 Å². The van der Waals surface area contributed by atoms with Crippen LogP contribution in [0.3, 0.4) is 0 Å². The molecule has 1 aromatic rings. The van der Waals surface area contributed by atoms with E-state index < -0.39 is 0 Å². The molecule has 0 bridgehead atoms. The SMILES string of the molecule is CC1C=CC(COc2ccc(C3CCC(C4CCC(C)CC4)CC3)cc2)CC1. The van der Waals surface area contributed by atoms with E-state index in [1.807, 2.05) is 0 Å². The number of benzene rings is 1. The molecule has 154 valence electrons. The minimum atomic E-state index is 0.592. The molecule has 0 saturated heterocycles. The molecule has 0 spiro atoms. The molecule has 1 aromatic carbocycles. The van der Waals surface area contributed by atoms with Gasteiger partial charge in [0.05, 0.1) is 6.61 Å². The van der Waals surface area contributed by atoms with E-state index in [0.29, 0.717) is 5.92 Å². The number of hydrogen-bond acceptors (Lipinski definition) is 1. The van der Waals surface area contributed by atoms with Crippen molar-refractivity contribution in [1.82, 2.24) is 0 Å². The Hall–Kier alpha value is -1.24. The molecule has 0 aromatic heterocycles. The largest absolute Gasteiger partial charge is 0.493 e. The molecule has 0 heterocycles. The lowest BCUT2D eigenvalue weighted by Crippen LogP contribution is -2.24. The van der Waals surface area contributed by atoms with E-state index in [1.54, 1.807) is 0 Å². The molecular formula is C27H40O. The molecule has 0 aliphatic heterocycles. The Morgan fingerprint density at radius 1 is 0.714 bits per heavy atom. The number of allylic oxidation sites excluding steroid dienone is 1. The van der Waals surface area contributed by atoms with Crippen molar-refractivity contribution in [3.05, 3.63) is 42.0 Å². The number of ether oxygens (including phenoxy) is 1. The molecule has 2 atom stereocenters. The van der Waals surface area contributed by atoms with E-state index in [9.17, 15) is 0 Å². The maximum absolute atomic E-state index is 6.08. The lowest BCUT2D eigenvalue weighted by Gasteiger charge is -2.37. The average Bonchev–Trinajstić information content (AvgIpc) is 2.74. The van der Waals surface area contributed by atoms with Crippen LogP contribution in [0.2, 0.25) is 0 Å². The van der Waals surface area contributed by atoms with Crippen molar-refractivity contribution in [2.45, 2.75) is 84.0 Å². The predicted octanol–water partition coefficient (Wildman–Crippen LogP) is 7.77. The molecule has 1 nitrogen and oxygen atoms in total. The van der Waals surface area contributed by atoms with Gasteiger partial charge in [-0.3, -0.25) is 0 Å². The van der Waals surface area contributed by atoms with E-state index in [1.165, 1.54) is 69.8 Å². The zero-order chi connectivity index (χ0) is 19.3. The van der Waals surface area contributed by atoms with Crippen LogP contribution >= 0.6 is 0 Å². The molecular weight excluding hydrogens is 340 g/mol. The lowest BCUT2D eigenvalue weighted by atomic mass is 9.68. The third-order valence-electron chi connectivity index (χ3n) is 8.02. The van der Waals surface area contributed by atoms with Crippen molar-refractivity contribution >= 4 is 0 Å². The first-order valence-corrected chi connectivity index (χ1v) is 12.1. The van der Waals surface area contributed by atoms with Crippen LogP contribution in [0, 0.1) is 29.6 Å². The molecule has 2 unspecified atom stereocenters. The van der Waals surface area contributed by atoms with E-state index in [-0.39, 0.29) is 0 Å². The fourth-order valence-electron chi connectivity index (χ4n) is 5.88. The van der Waals surface area contributed by atoms with Gasteiger partial charge in [0.25, 0.3) is 0 Å². The third kappa shape index (κ3) is 5.22. The zero-order valence-electron chi connectivity index (χ0n) is 18.1. The topological polar surface area (TPSA) is 9.23 Å². The highest BCUT2D eigenvalue weighted by atomic mass is 16.5. The minimum Gasteiger partial charge on any atom is -0.493 e. The highest BCUT2D eigenvalue weighted by Gasteiger charge is 2.30. The van der Waals surface area contributed by atoms with Crippen molar-refractivity contribution in [2.75, 3.05) is 6.61 Å². The van der Waals surface area contributed by atoms with Gasteiger partial charge in [-0.2, -0.15) is 0 Å². The van der Waals surface area contributed by atoms with Gasteiger partial charge in [-0.15, -0.1) is 0 Å². The normalized spacial score (nSPS) is 36.2. The Labute approximate surface area is 173 Å². The van der Waals surface area contributed by atoms with Crippen molar-refractivity contribution in [2.24, 2.45) is 29.6 Å². The Balaban J connectivity index is 1.23. The summed E-state index contributed by atoms with van der Waals surface area (Å²) in [6.45, 7) is 5.57. The van der Waals surface area contributed by atoms with Crippen molar-refractivity contribution < 1.29 is 4.74 Å². The Morgan fingerprint density at radius 3 is 1.96 bits per heavy atom. The molecule has 2 fully saturated rings. The van der Waals surface area contributed by atoms with Crippen LogP contribution in [-0.4, -0.2) is 6.61 Å². The summed E-state index contributed by atoms with van der Waals surface area (Å²) in [5, 5.41) is 0. The van der Waals surface area contributed by atoms with E-state index in [0.717, 1.165) is 41.9 Å². The van der Waals surface area contributed by atoms with Crippen LogP contribution in [0.5, 0.6) is 5.75 Å². The number of hydrogen-bond donors (Lipinski definition) is 0. The van der Waals surface area contributed by atoms with Gasteiger partial charge in [0.1, 0.15) is 5.75 Å². The number of rotatable bonds is 5. The second-order valence-corrected chi connectivity index (χ2v) is 10.2. The zero-order valence-corrected chi connectivity index (χ0v) is 18.1. The Kier molecular flexibility index (Phi) is 6.81. The van der Waals surface area contributed by atoms with Crippen LogP contribution in [0.4, 0.5) is 0 Å². The molecule has 3 aliphatic rings. The van der Waals surface area contributed by atoms with Crippen LogP contribution in [-0.2, 0) is 0 Å². The van der Waals surface area contributed by atoms with Gasteiger partial charge in [0.15, 0.2) is 0 Å². The molecule has 28 heavy (non-hydrogen) atoms. The highest BCUT2D eigenvalue weighted by molar-refractivity contribution is 5.29. The quantitative estimate of drug-likeness (QED) is 0.474. The maximum Gasteiger partial charge on any atom is 0.119 e. The second kappa shape index (κ2) is 9.51. The smallest absolute Gasteiger partial charge is 0.119 e. The van der Waals surface area contributed by atoms with E-state index in [2.05, 4.69) is 50.3 Å². The molecule has 2 saturated carbocycles. The summed E-state index contributed by atoms with van der Waals surface area (Å²) in [7, 11) is 0. The Morgan fingerprint density at radius 2 is 1.36 bits per heavy atom. The first kappa shape index (κ1) is 20.0. The van der Waals surface area contributed by atoms with Crippen LogP contribution in [0.15, 0.2) is 36.4 Å². The van der Waals surface area contributed by atoms with Crippen LogP contribution in [0.1, 0.15) is 89.5 Å². The summed E-state index contributed by atoms with van der Waals surface area (Å²) in [5.41, 5.74) is 1.54. The summed E-state index contributed by atoms with van der Waals surface area (Å²) in [6.07, 6.45) is 18.9. The van der Waals surface area contributed by atoms with E-state index >= 15 is 0 Å². The fraction of sp³-hybridized carbons (Fsp3) is 0.704. The molecule has 3 aliphatic carbocycles. The maximum atomic E-state index is 6.08. The van der Waals surface area contributed by atoms with Crippen LogP contribution in [0.25, 0.3) is 0 Å². The molecule has 0 N–H and O–H groups in total. The molecule has 1 heteroatoms. The van der Waals surface area contributed by atoms with Gasteiger partial charge in [-0.1, -0.05) is 51.0 Å². The summed E-state index contributed by atoms with van der Waals surface area (Å²) in [5.74, 6) is 6.17. The van der Waals surface area contributed by atoms with E-state index in [4.69, 9.17) is 4.74 Å². The second-order valence-electron chi connectivity index (χ2n) is 10.2. The average molecular weight is 381 g/mol. The third-order valence-corrected chi connectivity index (χ3v) is 8.02. The molecule has 4 rings (SSSR count). The Bertz CT molecular complexity index is 614. The predicted molar refractivity (Wildman–Crippen MR) is 119 cm³/mol. The summed E-state index contributed by atoms with van der Waals surface area (Å²) in [6, 6.07) is 9.08. The molecule has 0 radical (unpaired) electrons. The fourth-order valence-corrected chi connectivity index (χ4v) is 5.88. The lowest BCUT2D eigenvalue weighted by molar-refractivity contribution is 0.165. The molecule has 0 amide bonds. The van der Waals surface area contributed by atoms with Crippen molar-refractivity contribution in [1.29, 1.82) is 0 Å². The van der Waals surface area contributed by atoms with Gasteiger partial charge < -0.3 is 4.74 Å². The van der Waals surface area contributed by atoms with Crippen LogP contribution < -0.4 is 4.74 Å². The van der Waals surface area contributed by atoms with Gasteiger partial charge in [-0.25, -0.2) is 0 Å². The minimum absolute atomic E-state index is 0.592. The summed E-state index contributed by atoms with van der Waals surface area (Å²) < 4.78 is 6.08. The van der Waals surface area contributed by atoms with Crippen molar-refractivity contribution in [3.63, 3.8) is 0 Å². The monoisotopic (exact) mass is 380 g/mol. The standard InChI is InChI=1S/C27H40O/c1-20-3-7-22(8-4-20)19-28-27-17-15-26(16-18-27)25-13-11-24(12-14-25)23-9-5-21(2)6-10-23/h3,7,15-18,20-25H,4-6,8-14,19H2,1-2H3. The van der Waals surface area contributed by atoms with Gasteiger partial charge in [0.2, 0.25) is 0 Å². The first-order valence-electron chi connectivity index (χ1n) is 12.1. The van der Waals surface area contributed by atoms with Gasteiger partial charge in [-0.05, 0) is 98.7 Å². The first-order chi connectivity index (χ1) is 13.7. The highest BCUT2D eigenvalue weighted by Crippen LogP contribution is 2.44. The van der Waals surface area contributed by atoms with Gasteiger partial charge in [0, 0.05) is 5.92 Å². The van der Waals surface area contributed by atoms with Gasteiger partial charge >= 0.3 is 0 Å². The summed E-state index contributed by atoms with van der Waals surface area (Å²) >= 11 is 0. The summed E-state index contributed by atoms with van der Waals surface area (Å²) in [4.78, 5) is 0.